The number of esters is 1. The van der Waals surface area contributed by atoms with Crippen LogP contribution in [0, 0.1) is 0 Å². The van der Waals surface area contributed by atoms with E-state index < -0.39 is 18.0 Å². The number of hydrogen-bond donors (Lipinski definition) is 1. The number of hydrogen-bond acceptors (Lipinski definition) is 3. The van der Waals surface area contributed by atoms with Crippen LogP contribution in [0.25, 0.3) is 0 Å². The first-order valence-electron chi connectivity index (χ1n) is 6.60. The third kappa shape index (κ3) is 4.38. The average molecular weight is 373 g/mol. The molecule has 120 valence electrons. The van der Waals surface area contributed by atoms with E-state index in [1.165, 1.54) is 19.1 Å². The molecule has 4 nitrogen and oxygen atoms in total. The molecule has 2 aromatic carbocycles. The lowest BCUT2D eigenvalue weighted by Gasteiger charge is -2.15. The second-order valence-electron chi connectivity index (χ2n) is 4.62. The van der Waals surface area contributed by atoms with Gasteiger partial charge in [-0.1, -0.05) is 53.0 Å². The molecule has 0 fully saturated rings. The molecule has 0 spiro atoms. The Hall–Kier alpha value is -1.75. The summed E-state index contributed by atoms with van der Waals surface area (Å²) in [5, 5.41) is 2.88. The van der Waals surface area contributed by atoms with Gasteiger partial charge in [-0.15, -0.1) is 0 Å². The zero-order valence-corrected chi connectivity index (χ0v) is 14.2. The summed E-state index contributed by atoms with van der Waals surface area (Å²) in [6.07, 6.45) is -1.03. The molecular formula is C16H12Cl3NO3. The summed E-state index contributed by atoms with van der Waals surface area (Å²) >= 11 is 17.8. The number of carbonyl (C=O) groups excluding carboxylic acids is 2. The number of amides is 1. The van der Waals surface area contributed by atoms with E-state index in [1.807, 2.05) is 6.07 Å². The van der Waals surface area contributed by atoms with Crippen molar-refractivity contribution in [3.05, 3.63) is 63.1 Å². The van der Waals surface area contributed by atoms with Crippen LogP contribution >= 0.6 is 34.8 Å². The lowest BCUT2D eigenvalue weighted by Crippen LogP contribution is -2.30. The Morgan fingerprint density at radius 1 is 1.00 bits per heavy atom. The molecular weight excluding hydrogens is 361 g/mol. The lowest BCUT2D eigenvalue weighted by atomic mass is 10.2. The largest absolute Gasteiger partial charge is 0.449 e. The monoisotopic (exact) mass is 371 g/mol. The minimum Gasteiger partial charge on any atom is -0.449 e. The van der Waals surface area contributed by atoms with Crippen LogP contribution < -0.4 is 5.32 Å². The van der Waals surface area contributed by atoms with Crippen LogP contribution in [-0.4, -0.2) is 18.0 Å². The van der Waals surface area contributed by atoms with E-state index in [2.05, 4.69) is 5.32 Å². The zero-order valence-electron chi connectivity index (χ0n) is 12.0. The smallest absolute Gasteiger partial charge is 0.342 e. The maximum absolute atomic E-state index is 12.2. The zero-order chi connectivity index (χ0) is 17.0. The summed E-state index contributed by atoms with van der Waals surface area (Å²) in [4.78, 5) is 24.2. The minimum atomic E-state index is -1.03. The van der Waals surface area contributed by atoms with Crippen molar-refractivity contribution in [1.29, 1.82) is 0 Å². The summed E-state index contributed by atoms with van der Waals surface area (Å²) in [6, 6.07) is 11.7. The van der Waals surface area contributed by atoms with Gasteiger partial charge in [0.25, 0.3) is 5.91 Å². The molecule has 1 atom stereocenters. The molecule has 1 amide bonds. The maximum atomic E-state index is 12.2. The standard InChI is InChI=1S/C16H12Cl3NO3/c1-9(15(21)20-10-5-3-2-4-6-10)23-16(22)13-11(17)7-8-12(18)14(13)19/h2-9H,1H3,(H,20,21)/t9-/m0/s1. The third-order valence-electron chi connectivity index (χ3n) is 2.94. The molecule has 23 heavy (non-hydrogen) atoms. The number of para-hydroxylation sites is 1. The molecule has 0 aromatic heterocycles. The number of carbonyl (C=O) groups is 2. The van der Waals surface area contributed by atoms with Gasteiger partial charge in [0.1, 0.15) is 0 Å². The van der Waals surface area contributed by atoms with Crippen molar-refractivity contribution in [2.75, 3.05) is 5.32 Å². The molecule has 0 bridgehead atoms. The van der Waals surface area contributed by atoms with Crippen molar-refractivity contribution in [2.45, 2.75) is 13.0 Å². The molecule has 0 radical (unpaired) electrons. The van der Waals surface area contributed by atoms with Crippen molar-refractivity contribution in [1.82, 2.24) is 0 Å². The van der Waals surface area contributed by atoms with Gasteiger partial charge < -0.3 is 10.1 Å². The van der Waals surface area contributed by atoms with Crippen molar-refractivity contribution in [3.63, 3.8) is 0 Å². The van der Waals surface area contributed by atoms with Crippen molar-refractivity contribution in [3.8, 4) is 0 Å². The predicted octanol–water partition coefficient (Wildman–Crippen LogP) is 4.83. The molecule has 0 saturated heterocycles. The highest BCUT2D eigenvalue weighted by molar-refractivity contribution is 6.46. The maximum Gasteiger partial charge on any atom is 0.342 e. The molecule has 0 saturated carbocycles. The van der Waals surface area contributed by atoms with Gasteiger partial charge in [0, 0.05) is 5.69 Å². The molecule has 2 aromatic rings. The molecule has 0 heterocycles. The Bertz CT molecular complexity index is 735. The number of ether oxygens (including phenoxy) is 1. The van der Waals surface area contributed by atoms with Gasteiger partial charge in [0.05, 0.1) is 20.6 Å². The number of halogens is 3. The van der Waals surface area contributed by atoms with E-state index in [-0.39, 0.29) is 20.6 Å². The summed E-state index contributed by atoms with van der Waals surface area (Å²) in [6.45, 7) is 1.45. The number of benzene rings is 2. The lowest BCUT2D eigenvalue weighted by molar-refractivity contribution is -0.123. The molecule has 2 rings (SSSR count). The van der Waals surface area contributed by atoms with Crippen LogP contribution in [0.1, 0.15) is 17.3 Å². The highest BCUT2D eigenvalue weighted by Crippen LogP contribution is 2.32. The fourth-order valence-corrected chi connectivity index (χ4v) is 2.44. The molecule has 1 N–H and O–H groups in total. The Morgan fingerprint density at radius 3 is 2.26 bits per heavy atom. The Morgan fingerprint density at radius 2 is 1.61 bits per heavy atom. The van der Waals surface area contributed by atoms with E-state index in [4.69, 9.17) is 39.5 Å². The van der Waals surface area contributed by atoms with Gasteiger partial charge in [0.15, 0.2) is 6.10 Å². The van der Waals surface area contributed by atoms with Crippen molar-refractivity contribution < 1.29 is 14.3 Å². The number of nitrogens with one attached hydrogen (secondary N) is 1. The van der Waals surface area contributed by atoms with Crippen LogP contribution in [0.15, 0.2) is 42.5 Å². The predicted molar refractivity (Wildman–Crippen MR) is 91.4 cm³/mol. The minimum absolute atomic E-state index is 0.0140. The van der Waals surface area contributed by atoms with Gasteiger partial charge in [-0.2, -0.15) is 0 Å². The fraction of sp³-hybridized carbons (Fsp3) is 0.125. The number of anilines is 1. The highest BCUT2D eigenvalue weighted by atomic mass is 35.5. The quantitative estimate of drug-likeness (QED) is 0.617. The summed E-state index contributed by atoms with van der Waals surface area (Å²) in [5.74, 6) is -1.29. The van der Waals surface area contributed by atoms with E-state index in [9.17, 15) is 9.59 Å². The van der Waals surface area contributed by atoms with Gasteiger partial charge in [-0.3, -0.25) is 4.79 Å². The van der Waals surface area contributed by atoms with Crippen LogP contribution in [0.5, 0.6) is 0 Å². The van der Waals surface area contributed by atoms with Crippen LogP contribution in [0.4, 0.5) is 5.69 Å². The van der Waals surface area contributed by atoms with E-state index >= 15 is 0 Å². The normalized spacial score (nSPS) is 11.7. The summed E-state index contributed by atoms with van der Waals surface area (Å²) < 4.78 is 5.11. The van der Waals surface area contributed by atoms with Crippen LogP contribution in [-0.2, 0) is 9.53 Å². The first-order valence-corrected chi connectivity index (χ1v) is 7.74. The highest BCUT2D eigenvalue weighted by Gasteiger charge is 2.23. The molecule has 0 aliphatic carbocycles. The van der Waals surface area contributed by atoms with Gasteiger partial charge in [-0.05, 0) is 31.2 Å². The third-order valence-corrected chi connectivity index (χ3v) is 4.06. The average Bonchev–Trinajstić information content (AvgIpc) is 2.52. The van der Waals surface area contributed by atoms with Crippen LogP contribution in [0.3, 0.4) is 0 Å². The molecule has 7 heteroatoms. The molecule has 0 aliphatic heterocycles. The van der Waals surface area contributed by atoms with Gasteiger partial charge >= 0.3 is 5.97 Å². The molecule has 0 unspecified atom stereocenters. The Labute approximate surface area is 148 Å². The Balaban J connectivity index is 2.08. The van der Waals surface area contributed by atoms with Crippen LogP contribution in [0.2, 0.25) is 15.1 Å². The van der Waals surface area contributed by atoms with Gasteiger partial charge in [-0.25, -0.2) is 4.79 Å². The Kier molecular flexibility index (Phi) is 5.88. The van der Waals surface area contributed by atoms with E-state index in [0.29, 0.717) is 5.69 Å². The summed E-state index contributed by atoms with van der Waals surface area (Å²) in [5.41, 5.74) is 0.527. The van der Waals surface area contributed by atoms with E-state index in [1.54, 1.807) is 24.3 Å². The fourth-order valence-electron chi connectivity index (χ4n) is 1.75. The first kappa shape index (κ1) is 17.6. The number of rotatable bonds is 4. The first-order chi connectivity index (χ1) is 10.9. The second-order valence-corrected chi connectivity index (χ2v) is 5.81. The van der Waals surface area contributed by atoms with Gasteiger partial charge in [0.2, 0.25) is 0 Å². The SMILES string of the molecule is C[C@H](OC(=O)c1c(Cl)ccc(Cl)c1Cl)C(=O)Nc1ccccc1. The topological polar surface area (TPSA) is 55.4 Å². The van der Waals surface area contributed by atoms with Crippen molar-refractivity contribution in [2.24, 2.45) is 0 Å². The van der Waals surface area contributed by atoms with Crippen molar-refractivity contribution >= 4 is 52.4 Å². The molecule has 0 aliphatic rings. The second kappa shape index (κ2) is 7.68. The summed E-state index contributed by atoms with van der Waals surface area (Å²) in [7, 11) is 0. The van der Waals surface area contributed by atoms with E-state index in [0.717, 1.165) is 0 Å².